The molecule has 0 bridgehead atoms. The van der Waals surface area contributed by atoms with Crippen LogP contribution in [-0.4, -0.2) is 28.2 Å². The lowest BCUT2D eigenvalue weighted by Crippen LogP contribution is -2.31. The summed E-state index contributed by atoms with van der Waals surface area (Å²) in [5.74, 6) is 2.03. The number of aromatic nitrogens is 2. The lowest BCUT2D eigenvalue weighted by atomic mass is 9.95. The van der Waals surface area contributed by atoms with E-state index in [9.17, 15) is 4.79 Å². The van der Waals surface area contributed by atoms with Gasteiger partial charge in [-0.05, 0) is 47.5 Å². The van der Waals surface area contributed by atoms with Gasteiger partial charge in [-0.1, -0.05) is 19.1 Å². The number of methoxy groups -OCH3 is 1. The Morgan fingerprint density at radius 3 is 2.79 bits per heavy atom. The van der Waals surface area contributed by atoms with Crippen LogP contribution in [-0.2, 0) is 11.3 Å². The van der Waals surface area contributed by atoms with Gasteiger partial charge in [0.25, 0.3) is 0 Å². The SMILES string of the molecule is COc1ccc2c(Oc3ccc4c(c3)SC(C)C4C(=O)NCc3cccnc3)ccnc2c1. The van der Waals surface area contributed by atoms with Crippen LogP contribution in [0.25, 0.3) is 10.9 Å². The van der Waals surface area contributed by atoms with Gasteiger partial charge in [-0.2, -0.15) is 0 Å². The van der Waals surface area contributed by atoms with E-state index in [0.29, 0.717) is 6.54 Å². The molecule has 6 nitrogen and oxygen atoms in total. The average molecular weight is 458 g/mol. The topological polar surface area (TPSA) is 73.3 Å². The van der Waals surface area contributed by atoms with Crippen LogP contribution in [0.3, 0.4) is 0 Å². The van der Waals surface area contributed by atoms with Crippen LogP contribution in [0, 0.1) is 0 Å². The van der Waals surface area contributed by atoms with Gasteiger partial charge in [0.15, 0.2) is 0 Å². The number of hydrogen-bond donors (Lipinski definition) is 1. The number of fused-ring (bicyclic) bond motifs is 2. The summed E-state index contributed by atoms with van der Waals surface area (Å²) in [6.07, 6.45) is 5.22. The minimum Gasteiger partial charge on any atom is -0.497 e. The second kappa shape index (κ2) is 9.11. The Labute approximate surface area is 196 Å². The molecule has 0 fully saturated rings. The second-order valence-corrected chi connectivity index (χ2v) is 9.29. The summed E-state index contributed by atoms with van der Waals surface area (Å²) in [6.45, 7) is 2.56. The summed E-state index contributed by atoms with van der Waals surface area (Å²) in [5, 5.41) is 4.10. The Kier molecular flexibility index (Phi) is 5.88. The number of ether oxygens (including phenoxy) is 2. The number of rotatable bonds is 6. The zero-order valence-corrected chi connectivity index (χ0v) is 19.1. The highest BCUT2D eigenvalue weighted by Crippen LogP contribution is 2.47. The van der Waals surface area contributed by atoms with E-state index in [4.69, 9.17) is 9.47 Å². The zero-order valence-electron chi connectivity index (χ0n) is 18.3. The molecule has 7 heteroatoms. The average Bonchev–Trinajstić information content (AvgIpc) is 3.18. The number of pyridine rings is 2. The molecular formula is C26H23N3O3S. The number of benzene rings is 2. The van der Waals surface area contributed by atoms with Crippen molar-refractivity contribution in [3.63, 3.8) is 0 Å². The van der Waals surface area contributed by atoms with E-state index in [2.05, 4.69) is 22.2 Å². The third-order valence-corrected chi connectivity index (χ3v) is 6.96. The van der Waals surface area contributed by atoms with Crippen molar-refractivity contribution in [2.24, 2.45) is 0 Å². The van der Waals surface area contributed by atoms with Crippen LogP contribution in [0.15, 0.2) is 78.1 Å². The molecule has 1 aliphatic rings. The number of hydrogen-bond acceptors (Lipinski definition) is 6. The van der Waals surface area contributed by atoms with Crippen molar-refractivity contribution in [1.82, 2.24) is 15.3 Å². The van der Waals surface area contributed by atoms with Crippen molar-refractivity contribution >= 4 is 28.6 Å². The summed E-state index contributed by atoms with van der Waals surface area (Å²) < 4.78 is 11.5. The maximum Gasteiger partial charge on any atom is 0.228 e. The molecular weight excluding hydrogens is 434 g/mol. The highest BCUT2D eigenvalue weighted by Gasteiger charge is 2.35. The third kappa shape index (κ3) is 4.36. The van der Waals surface area contributed by atoms with Crippen molar-refractivity contribution in [2.75, 3.05) is 7.11 Å². The summed E-state index contributed by atoms with van der Waals surface area (Å²) in [6, 6.07) is 17.3. The first kappa shape index (κ1) is 21.3. The largest absolute Gasteiger partial charge is 0.497 e. The van der Waals surface area contributed by atoms with E-state index in [-0.39, 0.29) is 17.1 Å². The zero-order chi connectivity index (χ0) is 22.8. The van der Waals surface area contributed by atoms with Crippen molar-refractivity contribution < 1.29 is 14.3 Å². The van der Waals surface area contributed by atoms with E-state index < -0.39 is 0 Å². The van der Waals surface area contributed by atoms with Gasteiger partial charge in [-0.15, -0.1) is 11.8 Å². The van der Waals surface area contributed by atoms with Crippen LogP contribution in [0.1, 0.15) is 24.0 Å². The molecule has 1 amide bonds. The van der Waals surface area contributed by atoms with Crippen molar-refractivity contribution in [2.45, 2.75) is 29.5 Å². The monoisotopic (exact) mass is 457 g/mol. The summed E-state index contributed by atoms with van der Waals surface area (Å²) in [4.78, 5) is 22.6. The summed E-state index contributed by atoms with van der Waals surface area (Å²) in [5.41, 5.74) is 2.82. The van der Waals surface area contributed by atoms with Crippen molar-refractivity contribution in [3.8, 4) is 17.2 Å². The first-order valence-corrected chi connectivity index (χ1v) is 11.6. The quantitative estimate of drug-likeness (QED) is 0.422. The Bertz CT molecular complexity index is 1310. The van der Waals surface area contributed by atoms with Gasteiger partial charge in [0.1, 0.15) is 17.2 Å². The van der Waals surface area contributed by atoms with Crippen LogP contribution in [0.2, 0.25) is 0 Å². The van der Waals surface area contributed by atoms with Gasteiger partial charge in [0, 0.05) is 46.7 Å². The minimum atomic E-state index is -0.204. The Morgan fingerprint density at radius 1 is 1.09 bits per heavy atom. The van der Waals surface area contributed by atoms with Crippen LogP contribution in [0.4, 0.5) is 0 Å². The van der Waals surface area contributed by atoms with Crippen LogP contribution < -0.4 is 14.8 Å². The maximum absolute atomic E-state index is 13.0. The molecule has 4 aromatic rings. The third-order valence-electron chi connectivity index (χ3n) is 5.71. The molecule has 166 valence electrons. The Morgan fingerprint density at radius 2 is 1.97 bits per heavy atom. The van der Waals surface area contributed by atoms with Gasteiger partial charge in [0.05, 0.1) is 18.5 Å². The standard InChI is InChI=1S/C26H23N3O3S/c1-16-25(26(30)29-15-17-4-3-10-27-14-17)21-8-6-19(13-24(21)33-16)32-23-9-11-28-22-12-18(31-2)5-7-20(22)23/h3-14,16,25H,15H2,1-2H3,(H,29,30). The number of nitrogens with one attached hydrogen (secondary N) is 1. The van der Waals surface area contributed by atoms with Gasteiger partial charge < -0.3 is 14.8 Å². The fourth-order valence-corrected chi connectivity index (χ4v) is 5.38. The first-order chi connectivity index (χ1) is 16.1. The minimum absolute atomic E-state index is 0.0281. The molecule has 2 aromatic carbocycles. The van der Waals surface area contributed by atoms with Crippen LogP contribution in [0.5, 0.6) is 17.2 Å². The number of amides is 1. The van der Waals surface area contributed by atoms with Gasteiger partial charge >= 0.3 is 0 Å². The Hall–Kier alpha value is -3.58. The van der Waals surface area contributed by atoms with Crippen molar-refractivity contribution in [1.29, 1.82) is 0 Å². The number of thioether (sulfide) groups is 1. The maximum atomic E-state index is 13.0. The Balaban J connectivity index is 1.35. The number of nitrogens with zero attached hydrogens (tertiary/aromatic N) is 2. The predicted octanol–water partition coefficient (Wildman–Crippen LogP) is 5.32. The predicted molar refractivity (Wildman–Crippen MR) is 129 cm³/mol. The fourth-order valence-electron chi connectivity index (χ4n) is 4.06. The van der Waals surface area contributed by atoms with Gasteiger partial charge in [-0.3, -0.25) is 14.8 Å². The molecule has 0 radical (unpaired) electrons. The molecule has 2 aromatic heterocycles. The second-order valence-electron chi connectivity index (χ2n) is 7.87. The lowest BCUT2D eigenvalue weighted by Gasteiger charge is -2.16. The number of carbonyl (C=O) groups excluding carboxylic acids is 1. The van der Waals surface area contributed by atoms with E-state index in [0.717, 1.165) is 44.2 Å². The van der Waals surface area contributed by atoms with E-state index in [1.807, 2.05) is 54.6 Å². The highest BCUT2D eigenvalue weighted by atomic mass is 32.2. The van der Waals surface area contributed by atoms with E-state index in [1.54, 1.807) is 37.5 Å². The molecule has 2 unspecified atom stereocenters. The van der Waals surface area contributed by atoms with Crippen LogP contribution >= 0.6 is 11.8 Å². The van der Waals surface area contributed by atoms with E-state index in [1.165, 1.54) is 0 Å². The molecule has 33 heavy (non-hydrogen) atoms. The molecule has 5 rings (SSSR count). The summed E-state index contributed by atoms with van der Waals surface area (Å²) in [7, 11) is 1.64. The molecule has 0 spiro atoms. The molecule has 3 heterocycles. The first-order valence-electron chi connectivity index (χ1n) is 10.7. The molecule has 0 saturated heterocycles. The normalized spacial score (nSPS) is 16.9. The fraction of sp³-hybridized carbons (Fsp3) is 0.192. The number of carbonyl (C=O) groups is 1. The molecule has 0 saturated carbocycles. The molecule has 0 aliphatic carbocycles. The molecule has 2 atom stereocenters. The molecule has 1 N–H and O–H groups in total. The lowest BCUT2D eigenvalue weighted by molar-refractivity contribution is -0.122. The van der Waals surface area contributed by atoms with E-state index >= 15 is 0 Å². The van der Waals surface area contributed by atoms with Gasteiger partial charge in [0.2, 0.25) is 5.91 Å². The highest BCUT2D eigenvalue weighted by molar-refractivity contribution is 8.00. The van der Waals surface area contributed by atoms with Crippen molar-refractivity contribution in [3.05, 3.63) is 84.3 Å². The molecule has 1 aliphatic heterocycles. The summed E-state index contributed by atoms with van der Waals surface area (Å²) >= 11 is 1.70. The van der Waals surface area contributed by atoms with Gasteiger partial charge in [-0.25, -0.2) is 0 Å². The smallest absolute Gasteiger partial charge is 0.228 e.